The first-order valence-electron chi connectivity index (χ1n) is 18.5. The van der Waals surface area contributed by atoms with Gasteiger partial charge in [-0.15, -0.1) is 22.7 Å². The van der Waals surface area contributed by atoms with Gasteiger partial charge in [0, 0.05) is 40.3 Å². The maximum atomic E-state index is 2.44. The molecular formula is C52H30S2. The molecule has 0 N–H and O–H groups in total. The zero-order valence-corrected chi connectivity index (χ0v) is 30.8. The van der Waals surface area contributed by atoms with Crippen LogP contribution in [0.15, 0.2) is 182 Å². The minimum Gasteiger partial charge on any atom is -0.135 e. The van der Waals surface area contributed by atoms with Gasteiger partial charge < -0.3 is 0 Å². The molecule has 0 radical (unpaired) electrons. The lowest BCUT2D eigenvalue weighted by Crippen LogP contribution is -1.91. The Bertz CT molecular complexity index is 3430. The maximum absolute atomic E-state index is 2.44. The molecule has 2 heteroatoms. The molecule has 12 rings (SSSR count). The molecule has 0 atom stereocenters. The van der Waals surface area contributed by atoms with Gasteiger partial charge >= 0.3 is 0 Å². The smallest absolute Gasteiger partial charge is 0.0433 e. The molecule has 0 saturated heterocycles. The van der Waals surface area contributed by atoms with Crippen molar-refractivity contribution in [2.45, 2.75) is 0 Å². The molecule has 12 aromatic rings. The number of hydrogen-bond donors (Lipinski definition) is 0. The van der Waals surface area contributed by atoms with E-state index in [-0.39, 0.29) is 0 Å². The Balaban J connectivity index is 0.995. The first-order chi connectivity index (χ1) is 26.8. The summed E-state index contributed by atoms with van der Waals surface area (Å²) in [6.45, 7) is 0. The van der Waals surface area contributed by atoms with Gasteiger partial charge in [0.15, 0.2) is 0 Å². The highest BCUT2D eigenvalue weighted by atomic mass is 32.1. The highest BCUT2D eigenvalue weighted by Crippen LogP contribution is 2.47. The molecule has 0 bridgehead atoms. The molecule has 250 valence electrons. The van der Waals surface area contributed by atoms with Crippen molar-refractivity contribution in [2.24, 2.45) is 0 Å². The average molecular weight is 719 g/mol. The Labute approximate surface area is 319 Å². The second kappa shape index (κ2) is 11.6. The predicted octanol–water partition coefficient (Wildman–Crippen LogP) is 16.0. The molecule has 10 aromatic carbocycles. The van der Waals surface area contributed by atoms with Crippen LogP contribution in [0.25, 0.3) is 117 Å². The van der Waals surface area contributed by atoms with Gasteiger partial charge in [-0.3, -0.25) is 0 Å². The van der Waals surface area contributed by atoms with Crippen molar-refractivity contribution in [2.75, 3.05) is 0 Å². The van der Waals surface area contributed by atoms with Gasteiger partial charge in [0.1, 0.15) is 0 Å². The van der Waals surface area contributed by atoms with E-state index in [0.717, 1.165) is 0 Å². The van der Waals surface area contributed by atoms with Crippen LogP contribution in [-0.4, -0.2) is 0 Å². The topological polar surface area (TPSA) is 0 Å². The molecule has 2 heterocycles. The molecular weight excluding hydrogens is 689 g/mol. The van der Waals surface area contributed by atoms with Crippen molar-refractivity contribution >= 4 is 106 Å². The fourth-order valence-electron chi connectivity index (χ4n) is 8.95. The quantitative estimate of drug-likeness (QED) is 0.160. The Kier molecular flexibility index (Phi) is 6.48. The van der Waals surface area contributed by atoms with Gasteiger partial charge in [0.2, 0.25) is 0 Å². The summed E-state index contributed by atoms with van der Waals surface area (Å²) in [6, 6.07) is 67.8. The molecule has 0 saturated carbocycles. The van der Waals surface area contributed by atoms with E-state index in [0.29, 0.717) is 0 Å². The van der Waals surface area contributed by atoms with Gasteiger partial charge in [-0.05, 0) is 101 Å². The van der Waals surface area contributed by atoms with E-state index in [2.05, 4.69) is 182 Å². The Morgan fingerprint density at radius 2 is 0.778 bits per heavy atom. The predicted molar refractivity (Wildman–Crippen MR) is 239 cm³/mol. The summed E-state index contributed by atoms with van der Waals surface area (Å²) < 4.78 is 5.43. The van der Waals surface area contributed by atoms with Crippen molar-refractivity contribution < 1.29 is 0 Å². The number of benzene rings is 10. The Morgan fingerprint density at radius 1 is 0.259 bits per heavy atom. The number of fused-ring (bicyclic) bond motifs is 11. The molecule has 0 fully saturated rings. The van der Waals surface area contributed by atoms with Crippen LogP contribution in [0.4, 0.5) is 0 Å². The van der Waals surface area contributed by atoms with E-state index in [1.807, 2.05) is 22.7 Å². The number of rotatable bonds is 3. The van der Waals surface area contributed by atoms with E-state index >= 15 is 0 Å². The van der Waals surface area contributed by atoms with Crippen molar-refractivity contribution in [3.8, 4) is 33.4 Å². The van der Waals surface area contributed by atoms with Crippen LogP contribution in [0.3, 0.4) is 0 Å². The Morgan fingerprint density at radius 3 is 1.50 bits per heavy atom. The highest BCUT2D eigenvalue weighted by Gasteiger charge is 2.18. The molecule has 0 unspecified atom stereocenters. The standard InChI is InChI=1S/C52H30S2/c1-3-13-36-32(10-1)12-9-19-38(36)51-41-17-7-5-15-39(41)50(40-16-6-8-18-42(40)51)34-22-20-31(21-23-34)35-25-27-47-44(28-35)46-30-49-45(29-48(46)53-47)43-26-24-33-11-2-4-14-37(33)52(43)54-49/h1-30H. The molecule has 0 spiro atoms. The minimum absolute atomic E-state index is 1.23. The maximum Gasteiger partial charge on any atom is 0.0433 e. The molecule has 0 aliphatic heterocycles. The van der Waals surface area contributed by atoms with E-state index < -0.39 is 0 Å². The monoisotopic (exact) mass is 718 g/mol. The summed E-state index contributed by atoms with van der Waals surface area (Å²) >= 11 is 3.83. The zero-order chi connectivity index (χ0) is 35.3. The van der Waals surface area contributed by atoms with Crippen LogP contribution in [0.5, 0.6) is 0 Å². The van der Waals surface area contributed by atoms with E-state index in [1.165, 1.54) is 117 Å². The van der Waals surface area contributed by atoms with Gasteiger partial charge in [0.05, 0.1) is 0 Å². The molecule has 54 heavy (non-hydrogen) atoms. The van der Waals surface area contributed by atoms with Crippen molar-refractivity contribution in [1.29, 1.82) is 0 Å². The summed E-state index contributed by atoms with van der Waals surface area (Å²) in [6.07, 6.45) is 0. The van der Waals surface area contributed by atoms with Crippen LogP contribution in [0, 0.1) is 0 Å². The minimum atomic E-state index is 1.23. The van der Waals surface area contributed by atoms with Gasteiger partial charge in [-0.25, -0.2) is 0 Å². The third-order valence-electron chi connectivity index (χ3n) is 11.5. The van der Waals surface area contributed by atoms with Gasteiger partial charge in [-0.1, -0.05) is 158 Å². The highest BCUT2D eigenvalue weighted by molar-refractivity contribution is 7.28. The van der Waals surface area contributed by atoms with Crippen molar-refractivity contribution in [1.82, 2.24) is 0 Å². The summed E-state index contributed by atoms with van der Waals surface area (Å²) in [4.78, 5) is 0. The zero-order valence-electron chi connectivity index (χ0n) is 29.1. The SMILES string of the molecule is c1ccc2c(-c3c4ccccc4c(-c4ccc(-c5ccc6sc7cc8c(cc7c6c5)sc5c6ccccc6ccc85)cc4)c4ccccc34)cccc2c1. The summed E-state index contributed by atoms with van der Waals surface area (Å²) in [5, 5.41) is 15.7. The molecule has 0 amide bonds. The number of thiophene rings is 2. The van der Waals surface area contributed by atoms with Crippen molar-refractivity contribution in [3.63, 3.8) is 0 Å². The summed E-state index contributed by atoms with van der Waals surface area (Å²) in [5.74, 6) is 0. The largest absolute Gasteiger partial charge is 0.135 e. The third-order valence-corrected chi connectivity index (χ3v) is 13.8. The first-order valence-corrected chi connectivity index (χ1v) is 20.1. The van der Waals surface area contributed by atoms with Crippen molar-refractivity contribution in [3.05, 3.63) is 182 Å². The molecule has 0 aliphatic rings. The number of hydrogen-bond acceptors (Lipinski definition) is 2. The molecule has 2 aromatic heterocycles. The van der Waals surface area contributed by atoms with Crippen LogP contribution < -0.4 is 0 Å². The lowest BCUT2D eigenvalue weighted by Gasteiger charge is -2.19. The summed E-state index contributed by atoms with van der Waals surface area (Å²) in [5.41, 5.74) is 7.58. The fraction of sp³-hybridized carbons (Fsp3) is 0. The second-order valence-corrected chi connectivity index (χ2v) is 16.5. The fourth-order valence-corrected chi connectivity index (χ4v) is 11.3. The van der Waals surface area contributed by atoms with Crippen LogP contribution in [-0.2, 0) is 0 Å². The van der Waals surface area contributed by atoms with E-state index in [4.69, 9.17) is 0 Å². The molecule has 0 nitrogen and oxygen atoms in total. The van der Waals surface area contributed by atoms with Crippen LogP contribution in [0.2, 0.25) is 0 Å². The van der Waals surface area contributed by atoms with Gasteiger partial charge in [-0.2, -0.15) is 0 Å². The second-order valence-electron chi connectivity index (χ2n) is 14.4. The lowest BCUT2D eigenvalue weighted by molar-refractivity contribution is 1.64. The molecule has 0 aliphatic carbocycles. The third kappa shape index (κ3) is 4.42. The average Bonchev–Trinajstić information content (AvgIpc) is 3.79. The van der Waals surface area contributed by atoms with E-state index in [1.54, 1.807) is 0 Å². The van der Waals surface area contributed by atoms with Crippen LogP contribution in [0.1, 0.15) is 0 Å². The lowest BCUT2D eigenvalue weighted by atomic mass is 9.84. The van der Waals surface area contributed by atoms with E-state index in [9.17, 15) is 0 Å². The normalized spacial score (nSPS) is 12.1. The summed E-state index contributed by atoms with van der Waals surface area (Å²) in [7, 11) is 0. The van der Waals surface area contributed by atoms with Gasteiger partial charge in [0.25, 0.3) is 0 Å². The first kappa shape index (κ1) is 30.2. The Hall–Kier alpha value is -6.32. The van der Waals surface area contributed by atoms with Crippen LogP contribution >= 0.6 is 22.7 Å².